The molecule has 19 heavy (non-hydrogen) atoms. The van der Waals surface area contributed by atoms with Crippen molar-refractivity contribution in [3.8, 4) is 0 Å². The Morgan fingerprint density at radius 1 is 1.37 bits per heavy atom. The van der Waals surface area contributed by atoms with Gasteiger partial charge in [0.1, 0.15) is 5.76 Å². The fourth-order valence-electron chi connectivity index (χ4n) is 2.10. The molecule has 0 spiro atoms. The molecule has 1 fully saturated rings. The van der Waals surface area contributed by atoms with Crippen LogP contribution in [0.1, 0.15) is 50.1 Å². The van der Waals surface area contributed by atoms with Gasteiger partial charge >= 0.3 is 0 Å². The molecule has 5 heteroatoms. The minimum atomic E-state index is 0.303. The minimum Gasteiger partial charge on any atom is -0.468 e. The molecule has 0 atom stereocenters. The maximum Gasteiger partial charge on any atom is 0.240 e. The number of hydrogen-bond donors (Lipinski definition) is 0. The maximum absolute atomic E-state index is 5.41. The molecule has 3 rings (SSSR count). The van der Waals surface area contributed by atoms with E-state index in [1.807, 2.05) is 12.1 Å². The molecule has 2 heterocycles. The van der Waals surface area contributed by atoms with Crippen molar-refractivity contribution in [2.45, 2.75) is 51.7 Å². The highest BCUT2D eigenvalue weighted by Crippen LogP contribution is 2.29. The van der Waals surface area contributed by atoms with E-state index in [4.69, 9.17) is 8.94 Å². The van der Waals surface area contributed by atoms with E-state index in [0.29, 0.717) is 24.4 Å². The smallest absolute Gasteiger partial charge is 0.240 e. The van der Waals surface area contributed by atoms with Crippen LogP contribution < -0.4 is 0 Å². The van der Waals surface area contributed by atoms with E-state index in [9.17, 15) is 0 Å². The molecule has 0 bridgehead atoms. The summed E-state index contributed by atoms with van der Waals surface area (Å²) in [5.41, 5.74) is 0. The lowest BCUT2D eigenvalue weighted by Crippen LogP contribution is -2.25. The monoisotopic (exact) mass is 261 g/mol. The lowest BCUT2D eigenvalue weighted by Gasteiger charge is -2.18. The van der Waals surface area contributed by atoms with Crippen molar-refractivity contribution in [1.29, 1.82) is 0 Å². The molecule has 2 aromatic rings. The predicted octanol–water partition coefficient (Wildman–Crippen LogP) is 2.95. The van der Waals surface area contributed by atoms with E-state index in [1.165, 1.54) is 12.8 Å². The third-order valence-electron chi connectivity index (χ3n) is 3.34. The van der Waals surface area contributed by atoms with Gasteiger partial charge in [-0.05, 0) is 25.0 Å². The van der Waals surface area contributed by atoms with Gasteiger partial charge in [-0.3, -0.25) is 4.90 Å². The van der Waals surface area contributed by atoms with E-state index in [2.05, 4.69) is 28.9 Å². The van der Waals surface area contributed by atoms with Crippen molar-refractivity contribution in [1.82, 2.24) is 15.0 Å². The molecule has 0 aromatic carbocycles. The highest BCUT2D eigenvalue weighted by atomic mass is 16.5. The first-order chi connectivity index (χ1) is 9.22. The van der Waals surface area contributed by atoms with Gasteiger partial charge in [0.05, 0.1) is 19.4 Å². The zero-order valence-corrected chi connectivity index (χ0v) is 11.4. The summed E-state index contributed by atoms with van der Waals surface area (Å²) >= 11 is 0. The summed E-state index contributed by atoms with van der Waals surface area (Å²) < 4.78 is 10.7. The molecular formula is C14H19N3O2. The van der Waals surface area contributed by atoms with Crippen molar-refractivity contribution >= 4 is 0 Å². The lowest BCUT2D eigenvalue weighted by atomic mass is 10.2. The van der Waals surface area contributed by atoms with Crippen molar-refractivity contribution in [2.24, 2.45) is 0 Å². The standard InChI is InChI=1S/C14H19N3O2/c1-10(2)14-15-13(19-16-14)9-17(11-5-6-11)8-12-4-3-7-18-12/h3-4,7,10-11H,5-6,8-9H2,1-2H3. The van der Waals surface area contributed by atoms with E-state index in [0.717, 1.165) is 18.1 Å². The number of rotatable bonds is 6. The van der Waals surface area contributed by atoms with Crippen LogP contribution in [0.5, 0.6) is 0 Å². The van der Waals surface area contributed by atoms with Gasteiger partial charge in [0.2, 0.25) is 5.89 Å². The number of hydrogen-bond acceptors (Lipinski definition) is 5. The van der Waals surface area contributed by atoms with Crippen LogP contribution in [0.2, 0.25) is 0 Å². The second-order valence-electron chi connectivity index (χ2n) is 5.42. The highest BCUT2D eigenvalue weighted by Gasteiger charge is 2.30. The second kappa shape index (κ2) is 5.17. The summed E-state index contributed by atoms with van der Waals surface area (Å²) in [6.45, 7) is 5.63. The zero-order chi connectivity index (χ0) is 13.2. The molecule has 2 aromatic heterocycles. The zero-order valence-electron chi connectivity index (χ0n) is 11.4. The largest absolute Gasteiger partial charge is 0.468 e. The van der Waals surface area contributed by atoms with Gasteiger partial charge in [-0.25, -0.2) is 0 Å². The summed E-state index contributed by atoms with van der Waals surface area (Å²) in [7, 11) is 0. The first-order valence-electron chi connectivity index (χ1n) is 6.81. The molecule has 102 valence electrons. The maximum atomic E-state index is 5.41. The topological polar surface area (TPSA) is 55.3 Å². The van der Waals surface area contributed by atoms with Gasteiger partial charge in [0.15, 0.2) is 5.82 Å². The van der Waals surface area contributed by atoms with Crippen LogP contribution in [0.4, 0.5) is 0 Å². The summed E-state index contributed by atoms with van der Waals surface area (Å²) in [5.74, 6) is 2.76. The van der Waals surface area contributed by atoms with Crippen LogP contribution in [0.25, 0.3) is 0 Å². The number of nitrogens with zero attached hydrogens (tertiary/aromatic N) is 3. The average Bonchev–Trinajstić information content (AvgIpc) is 2.90. The molecular weight excluding hydrogens is 242 g/mol. The molecule has 1 aliphatic rings. The van der Waals surface area contributed by atoms with E-state index >= 15 is 0 Å². The van der Waals surface area contributed by atoms with Gasteiger partial charge in [0, 0.05) is 12.0 Å². The molecule has 0 aliphatic heterocycles. The first-order valence-corrected chi connectivity index (χ1v) is 6.81. The molecule has 5 nitrogen and oxygen atoms in total. The fourth-order valence-corrected chi connectivity index (χ4v) is 2.10. The molecule has 0 saturated heterocycles. The van der Waals surface area contributed by atoms with Gasteiger partial charge in [-0.2, -0.15) is 4.98 Å². The number of aromatic nitrogens is 2. The fraction of sp³-hybridized carbons (Fsp3) is 0.571. The first kappa shape index (κ1) is 12.4. The van der Waals surface area contributed by atoms with Crippen LogP contribution in [-0.2, 0) is 13.1 Å². The van der Waals surface area contributed by atoms with Gasteiger partial charge in [-0.1, -0.05) is 19.0 Å². The highest BCUT2D eigenvalue weighted by molar-refractivity contribution is 5.01. The van der Waals surface area contributed by atoms with Crippen LogP contribution in [0.15, 0.2) is 27.3 Å². The van der Waals surface area contributed by atoms with Gasteiger partial charge in [0.25, 0.3) is 0 Å². The summed E-state index contributed by atoms with van der Waals surface area (Å²) in [6, 6.07) is 4.55. The van der Waals surface area contributed by atoms with E-state index in [-0.39, 0.29) is 0 Å². The third kappa shape index (κ3) is 3.04. The Hall–Kier alpha value is -1.62. The molecule has 0 radical (unpaired) electrons. The Bertz CT molecular complexity index is 515. The summed E-state index contributed by atoms with van der Waals surface area (Å²) in [6.07, 6.45) is 4.20. The Morgan fingerprint density at radius 2 is 2.21 bits per heavy atom. The van der Waals surface area contributed by atoms with Crippen LogP contribution >= 0.6 is 0 Å². The van der Waals surface area contributed by atoms with E-state index in [1.54, 1.807) is 6.26 Å². The minimum absolute atomic E-state index is 0.303. The molecule has 0 N–H and O–H groups in total. The third-order valence-corrected chi connectivity index (χ3v) is 3.34. The Kier molecular flexibility index (Phi) is 3.38. The summed E-state index contributed by atoms with van der Waals surface area (Å²) in [5, 5.41) is 4.01. The van der Waals surface area contributed by atoms with Crippen molar-refractivity contribution < 1.29 is 8.94 Å². The van der Waals surface area contributed by atoms with Crippen molar-refractivity contribution in [3.05, 3.63) is 35.9 Å². The quantitative estimate of drug-likeness (QED) is 0.800. The Balaban J connectivity index is 1.67. The normalized spacial score (nSPS) is 15.6. The van der Waals surface area contributed by atoms with Gasteiger partial charge in [-0.15, -0.1) is 0 Å². The Morgan fingerprint density at radius 3 is 2.79 bits per heavy atom. The van der Waals surface area contributed by atoms with Crippen LogP contribution in [0.3, 0.4) is 0 Å². The molecule has 1 aliphatic carbocycles. The lowest BCUT2D eigenvalue weighted by molar-refractivity contribution is 0.195. The average molecular weight is 261 g/mol. The van der Waals surface area contributed by atoms with Crippen LogP contribution in [-0.4, -0.2) is 21.1 Å². The second-order valence-corrected chi connectivity index (χ2v) is 5.42. The SMILES string of the molecule is CC(C)c1noc(CN(Cc2ccco2)C2CC2)n1. The predicted molar refractivity (Wildman–Crippen MR) is 69.4 cm³/mol. The Labute approximate surface area is 112 Å². The van der Waals surface area contributed by atoms with Crippen LogP contribution in [0, 0.1) is 0 Å². The van der Waals surface area contributed by atoms with Crippen molar-refractivity contribution in [2.75, 3.05) is 0 Å². The molecule has 0 unspecified atom stereocenters. The van der Waals surface area contributed by atoms with E-state index < -0.39 is 0 Å². The molecule has 0 amide bonds. The molecule has 1 saturated carbocycles. The van der Waals surface area contributed by atoms with Crippen molar-refractivity contribution in [3.63, 3.8) is 0 Å². The van der Waals surface area contributed by atoms with Gasteiger partial charge < -0.3 is 8.94 Å². The summed E-state index contributed by atoms with van der Waals surface area (Å²) in [4.78, 5) is 6.78. The number of furan rings is 1.